The number of benzene rings is 3. The van der Waals surface area contributed by atoms with Gasteiger partial charge in [-0.15, -0.1) is 0 Å². The highest BCUT2D eigenvalue weighted by atomic mass is 16.5. The number of nitrogens with one attached hydrogen (secondary N) is 2. The smallest absolute Gasteiger partial charge is 0.295 e. The minimum atomic E-state index is -0.450. The van der Waals surface area contributed by atoms with Crippen molar-refractivity contribution in [3.8, 4) is 11.4 Å². The van der Waals surface area contributed by atoms with E-state index in [-0.39, 0.29) is 29.2 Å². The molecule has 0 aliphatic carbocycles. The third kappa shape index (κ3) is 4.31. The Morgan fingerprint density at radius 2 is 1.62 bits per heavy atom. The lowest BCUT2D eigenvalue weighted by Crippen LogP contribution is -2.23. The lowest BCUT2D eigenvalue weighted by Gasteiger charge is -2.11. The van der Waals surface area contributed by atoms with Gasteiger partial charge in [0.2, 0.25) is 0 Å². The van der Waals surface area contributed by atoms with Crippen LogP contribution in [0.1, 0.15) is 51.7 Å². The van der Waals surface area contributed by atoms with Gasteiger partial charge in [0.1, 0.15) is 17.5 Å². The summed E-state index contributed by atoms with van der Waals surface area (Å²) in [5.74, 6) is 0.0277. The van der Waals surface area contributed by atoms with E-state index in [2.05, 4.69) is 17.6 Å². The zero-order valence-electron chi connectivity index (χ0n) is 21.1. The van der Waals surface area contributed by atoms with Gasteiger partial charge in [0.15, 0.2) is 0 Å². The second-order valence-corrected chi connectivity index (χ2v) is 9.26. The van der Waals surface area contributed by atoms with Gasteiger partial charge in [-0.05, 0) is 50.2 Å². The Kier molecular flexibility index (Phi) is 6.17. The normalized spacial score (nSPS) is 16.1. The van der Waals surface area contributed by atoms with Gasteiger partial charge in [-0.25, -0.2) is 4.68 Å². The topological polar surface area (TPSA) is 94.4 Å². The minimum Gasteiger partial charge on any atom is -0.489 e. The van der Waals surface area contributed by atoms with Gasteiger partial charge in [-0.1, -0.05) is 43.3 Å². The van der Waals surface area contributed by atoms with Crippen LogP contribution in [0.4, 0.5) is 11.4 Å². The van der Waals surface area contributed by atoms with Crippen LogP contribution in [0.3, 0.4) is 0 Å². The molecule has 5 rings (SSSR count). The lowest BCUT2D eigenvalue weighted by atomic mass is 9.97. The highest BCUT2D eigenvalue weighted by molar-refractivity contribution is 6.08. The van der Waals surface area contributed by atoms with Crippen LogP contribution in [0, 0.1) is 6.92 Å². The van der Waals surface area contributed by atoms with Crippen LogP contribution in [0.15, 0.2) is 77.6 Å². The maximum atomic E-state index is 13.1. The third-order valence-electron chi connectivity index (χ3n) is 6.96. The first kappa shape index (κ1) is 24.1. The van der Waals surface area contributed by atoms with E-state index in [0.717, 1.165) is 5.56 Å². The number of anilines is 2. The van der Waals surface area contributed by atoms with Crippen molar-refractivity contribution in [1.29, 1.82) is 0 Å². The number of fused-ring (bicyclic) bond motifs is 1. The molecule has 37 heavy (non-hydrogen) atoms. The summed E-state index contributed by atoms with van der Waals surface area (Å²) in [6.45, 7) is 5.83. The predicted octanol–water partition coefficient (Wildman–Crippen LogP) is 4.87. The number of amides is 2. The lowest BCUT2D eigenvalue weighted by molar-refractivity contribution is 0.101. The van der Waals surface area contributed by atoms with Crippen LogP contribution in [-0.4, -0.2) is 27.3 Å². The molecular formula is C29H28N4O4. The van der Waals surface area contributed by atoms with Crippen molar-refractivity contribution in [2.24, 2.45) is 7.05 Å². The Balaban J connectivity index is 1.37. The fourth-order valence-electron chi connectivity index (χ4n) is 4.60. The van der Waals surface area contributed by atoms with Gasteiger partial charge < -0.3 is 15.4 Å². The molecule has 2 atom stereocenters. The van der Waals surface area contributed by atoms with Crippen molar-refractivity contribution in [2.45, 2.75) is 32.8 Å². The highest BCUT2D eigenvalue weighted by Gasteiger charge is 2.31. The molecule has 2 heterocycles. The van der Waals surface area contributed by atoms with E-state index in [1.54, 1.807) is 49.0 Å². The molecule has 0 saturated carbocycles. The van der Waals surface area contributed by atoms with Gasteiger partial charge in [-0.3, -0.25) is 19.1 Å². The van der Waals surface area contributed by atoms with Gasteiger partial charge in [0.25, 0.3) is 17.4 Å². The Morgan fingerprint density at radius 1 is 0.892 bits per heavy atom. The number of rotatable bonds is 5. The van der Waals surface area contributed by atoms with E-state index in [0.29, 0.717) is 33.9 Å². The molecule has 8 heteroatoms. The van der Waals surface area contributed by atoms with Gasteiger partial charge >= 0.3 is 0 Å². The first-order chi connectivity index (χ1) is 17.8. The molecule has 2 N–H and O–H groups in total. The molecule has 1 aliphatic rings. The monoisotopic (exact) mass is 496 g/mol. The average molecular weight is 497 g/mol. The fourth-order valence-corrected chi connectivity index (χ4v) is 4.60. The van der Waals surface area contributed by atoms with Crippen LogP contribution in [0.25, 0.3) is 5.69 Å². The van der Waals surface area contributed by atoms with E-state index >= 15 is 0 Å². The molecule has 0 unspecified atom stereocenters. The summed E-state index contributed by atoms with van der Waals surface area (Å²) >= 11 is 0. The van der Waals surface area contributed by atoms with Crippen LogP contribution in [0.5, 0.6) is 5.75 Å². The Hall–Kier alpha value is -4.59. The van der Waals surface area contributed by atoms with E-state index in [1.807, 2.05) is 49.4 Å². The molecule has 2 amide bonds. The molecule has 8 nitrogen and oxygen atoms in total. The number of para-hydroxylation sites is 2. The second kappa shape index (κ2) is 9.46. The molecule has 1 aromatic heterocycles. The zero-order chi connectivity index (χ0) is 26.3. The summed E-state index contributed by atoms with van der Waals surface area (Å²) in [4.78, 5) is 39.3. The second-order valence-electron chi connectivity index (χ2n) is 9.26. The Bertz CT molecular complexity index is 1570. The number of hydrogen-bond donors (Lipinski definition) is 2. The van der Waals surface area contributed by atoms with E-state index < -0.39 is 5.91 Å². The fraction of sp³-hybridized carbons (Fsp3) is 0.207. The van der Waals surface area contributed by atoms with Gasteiger partial charge in [0, 0.05) is 29.8 Å². The Labute approximate surface area is 214 Å². The molecule has 0 bridgehead atoms. The largest absolute Gasteiger partial charge is 0.489 e. The molecule has 4 aromatic rings. The van der Waals surface area contributed by atoms with Crippen LogP contribution in [0.2, 0.25) is 0 Å². The average Bonchev–Trinajstić information content (AvgIpc) is 3.31. The van der Waals surface area contributed by atoms with Crippen molar-refractivity contribution in [3.05, 3.63) is 106 Å². The summed E-state index contributed by atoms with van der Waals surface area (Å²) in [6, 6.07) is 21.4. The molecule has 188 valence electrons. The van der Waals surface area contributed by atoms with Crippen molar-refractivity contribution in [3.63, 3.8) is 0 Å². The predicted molar refractivity (Wildman–Crippen MR) is 143 cm³/mol. The number of carbonyl (C=O) groups is 2. The third-order valence-corrected chi connectivity index (χ3v) is 6.96. The molecule has 0 spiro atoms. The van der Waals surface area contributed by atoms with Crippen LogP contribution < -0.4 is 20.9 Å². The van der Waals surface area contributed by atoms with Crippen molar-refractivity contribution in [1.82, 2.24) is 9.36 Å². The summed E-state index contributed by atoms with van der Waals surface area (Å²) in [6.07, 6.45) is -0.0103. The molecule has 1 aliphatic heterocycles. The van der Waals surface area contributed by atoms with Crippen LogP contribution in [-0.2, 0) is 7.05 Å². The maximum absolute atomic E-state index is 13.1. The summed E-state index contributed by atoms with van der Waals surface area (Å²) in [5.41, 5.74) is 3.41. The Morgan fingerprint density at radius 3 is 2.38 bits per heavy atom. The summed E-state index contributed by atoms with van der Waals surface area (Å²) < 4.78 is 9.15. The van der Waals surface area contributed by atoms with Crippen molar-refractivity contribution < 1.29 is 14.3 Å². The minimum absolute atomic E-state index is 0.0103. The standard InChI is InChI=1S/C29H28N4O4/c1-17-19(3)37-26-23(17)14-9-15-24(26)28(35)30-21-11-8-10-20(16-21)27(34)31-25-18(2)32(4)33(29(25)36)22-12-6-5-7-13-22/h5-17,19H,1-4H3,(H,30,35)(H,31,34)/t17-,19+/m0/s1. The maximum Gasteiger partial charge on any atom is 0.295 e. The summed E-state index contributed by atoms with van der Waals surface area (Å²) in [5, 5.41) is 5.62. The van der Waals surface area contributed by atoms with Gasteiger partial charge in [0.05, 0.1) is 16.9 Å². The molecular weight excluding hydrogens is 468 g/mol. The van der Waals surface area contributed by atoms with E-state index in [4.69, 9.17) is 4.74 Å². The number of carbonyl (C=O) groups excluding carboxylic acids is 2. The molecule has 0 saturated heterocycles. The molecule has 3 aromatic carbocycles. The van der Waals surface area contributed by atoms with E-state index in [1.165, 1.54) is 4.68 Å². The van der Waals surface area contributed by atoms with Gasteiger partial charge in [-0.2, -0.15) is 0 Å². The number of aromatic nitrogens is 2. The molecule has 0 radical (unpaired) electrons. The highest BCUT2D eigenvalue weighted by Crippen LogP contribution is 2.40. The molecule has 0 fully saturated rings. The van der Waals surface area contributed by atoms with Crippen LogP contribution >= 0.6 is 0 Å². The van der Waals surface area contributed by atoms with Crippen molar-refractivity contribution in [2.75, 3.05) is 10.6 Å². The first-order valence-electron chi connectivity index (χ1n) is 12.1. The number of nitrogens with zero attached hydrogens (tertiary/aromatic N) is 2. The van der Waals surface area contributed by atoms with Crippen molar-refractivity contribution >= 4 is 23.2 Å². The van der Waals surface area contributed by atoms with E-state index in [9.17, 15) is 14.4 Å². The SMILES string of the molecule is Cc1c(NC(=O)c2cccc(NC(=O)c3cccc4c3O[C@H](C)[C@@H]4C)c2)c(=O)n(-c2ccccc2)n1C. The zero-order valence-corrected chi connectivity index (χ0v) is 21.1. The summed E-state index contributed by atoms with van der Waals surface area (Å²) in [7, 11) is 1.76. The number of ether oxygens (including phenoxy) is 1. The quantitative estimate of drug-likeness (QED) is 0.412. The first-order valence-corrected chi connectivity index (χ1v) is 12.1. The number of hydrogen-bond acceptors (Lipinski definition) is 4.